The average molecular weight is 231 g/mol. The first-order valence-electron chi connectivity index (χ1n) is 5.94. The maximum absolute atomic E-state index is 10.7. The van der Waals surface area contributed by atoms with Crippen LogP contribution in [0.3, 0.4) is 0 Å². The van der Waals surface area contributed by atoms with E-state index in [1.165, 1.54) is 12.0 Å². The molecule has 4 heteroatoms. The van der Waals surface area contributed by atoms with E-state index in [0.29, 0.717) is 5.92 Å². The van der Waals surface area contributed by atoms with E-state index in [4.69, 9.17) is 5.73 Å². The van der Waals surface area contributed by atoms with Crippen LogP contribution in [-0.4, -0.2) is 11.7 Å². The molecule has 1 aromatic carbocycles. The number of amides is 2. The lowest BCUT2D eigenvalue weighted by molar-refractivity contribution is 0.249. The van der Waals surface area contributed by atoms with Crippen molar-refractivity contribution in [2.75, 3.05) is 0 Å². The molecule has 0 unspecified atom stereocenters. The van der Waals surface area contributed by atoms with Crippen molar-refractivity contribution in [3.05, 3.63) is 35.9 Å². The fourth-order valence-electron chi connectivity index (χ4n) is 2.30. The minimum Gasteiger partial charge on any atom is -0.350 e. The number of primary amides is 1. The Hall–Kier alpha value is -1.84. The van der Waals surface area contributed by atoms with Gasteiger partial charge in [0.1, 0.15) is 0 Å². The Balaban J connectivity index is 2.18. The van der Waals surface area contributed by atoms with Gasteiger partial charge in [-0.2, -0.15) is 5.10 Å². The predicted octanol–water partition coefficient (Wildman–Crippen LogP) is 2.37. The highest BCUT2D eigenvalue weighted by molar-refractivity contribution is 5.92. The highest BCUT2D eigenvalue weighted by Crippen LogP contribution is 2.30. The minimum absolute atomic E-state index is 0.316. The Labute approximate surface area is 101 Å². The van der Waals surface area contributed by atoms with Gasteiger partial charge in [-0.1, -0.05) is 36.8 Å². The zero-order valence-electron chi connectivity index (χ0n) is 9.73. The molecule has 1 aliphatic carbocycles. The molecule has 2 rings (SSSR count). The largest absolute Gasteiger partial charge is 0.350 e. The van der Waals surface area contributed by atoms with E-state index < -0.39 is 6.03 Å². The second kappa shape index (κ2) is 5.48. The summed E-state index contributed by atoms with van der Waals surface area (Å²) in [5.74, 6) is 0.316. The molecule has 0 radical (unpaired) electrons. The predicted molar refractivity (Wildman–Crippen MR) is 67.8 cm³/mol. The maximum Gasteiger partial charge on any atom is 0.332 e. The smallest absolute Gasteiger partial charge is 0.332 e. The van der Waals surface area contributed by atoms with E-state index in [1.807, 2.05) is 18.2 Å². The Morgan fingerprint density at radius 1 is 1.29 bits per heavy atom. The number of carbonyl (C=O) groups is 1. The van der Waals surface area contributed by atoms with Crippen molar-refractivity contribution in [3.63, 3.8) is 0 Å². The van der Waals surface area contributed by atoms with Gasteiger partial charge in [0.05, 0.1) is 0 Å². The number of hydrogen-bond donors (Lipinski definition) is 2. The van der Waals surface area contributed by atoms with E-state index in [-0.39, 0.29) is 0 Å². The summed E-state index contributed by atoms with van der Waals surface area (Å²) in [4.78, 5) is 10.7. The van der Waals surface area contributed by atoms with Crippen LogP contribution in [0.5, 0.6) is 0 Å². The summed E-state index contributed by atoms with van der Waals surface area (Å²) in [5, 5.41) is 4.13. The van der Waals surface area contributed by atoms with Crippen molar-refractivity contribution in [1.29, 1.82) is 0 Å². The lowest BCUT2D eigenvalue weighted by Gasteiger charge is -2.24. The molecule has 1 aromatic rings. The number of hydrazone groups is 1. The Morgan fingerprint density at radius 2 is 2.06 bits per heavy atom. The molecule has 90 valence electrons. The maximum atomic E-state index is 10.7. The van der Waals surface area contributed by atoms with E-state index in [0.717, 1.165) is 25.0 Å². The molecular formula is C13H17N3O. The van der Waals surface area contributed by atoms with Crippen LogP contribution < -0.4 is 11.2 Å². The minimum atomic E-state index is -0.602. The van der Waals surface area contributed by atoms with Crippen molar-refractivity contribution in [1.82, 2.24) is 5.43 Å². The Bertz CT molecular complexity index is 414. The highest BCUT2D eigenvalue weighted by Gasteiger charge is 2.22. The van der Waals surface area contributed by atoms with Crippen molar-refractivity contribution in [2.24, 2.45) is 10.8 Å². The van der Waals surface area contributed by atoms with Crippen LogP contribution in [-0.2, 0) is 0 Å². The van der Waals surface area contributed by atoms with Crippen LogP contribution in [0.4, 0.5) is 4.79 Å². The lowest BCUT2D eigenvalue weighted by Crippen LogP contribution is -2.28. The molecule has 1 fully saturated rings. The number of urea groups is 1. The molecular weight excluding hydrogens is 214 g/mol. The normalized spacial score (nSPS) is 22.4. The molecule has 0 heterocycles. The van der Waals surface area contributed by atoms with Gasteiger partial charge in [0.2, 0.25) is 0 Å². The molecule has 0 aromatic heterocycles. The fraction of sp³-hybridized carbons (Fsp3) is 0.385. The Morgan fingerprint density at radius 3 is 2.76 bits per heavy atom. The van der Waals surface area contributed by atoms with Gasteiger partial charge in [-0.3, -0.25) is 0 Å². The summed E-state index contributed by atoms with van der Waals surface area (Å²) < 4.78 is 0. The fourth-order valence-corrected chi connectivity index (χ4v) is 2.30. The first-order valence-corrected chi connectivity index (χ1v) is 5.94. The summed E-state index contributed by atoms with van der Waals surface area (Å²) in [6, 6.07) is 9.68. The SMILES string of the molecule is NC(=O)N/N=C1/CCCC[C@H]1c1ccccc1. The third-order valence-corrected chi connectivity index (χ3v) is 3.09. The zero-order valence-corrected chi connectivity index (χ0v) is 9.73. The second-order valence-electron chi connectivity index (χ2n) is 4.29. The van der Waals surface area contributed by atoms with Crippen molar-refractivity contribution in [3.8, 4) is 0 Å². The van der Waals surface area contributed by atoms with Crippen LogP contribution in [0.1, 0.15) is 37.2 Å². The van der Waals surface area contributed by atoms with Crippen molar-refractivity contribution < 1.29 is 4.79 Å². The monoisotopic (exact) mass is 231 g/mol. The van der Waals surface area contributed by atoms with E-state index in [9.17, 15) is 4.79 Å². The van der Waals surface area contributed by atoms with Gasteiger partial charge < -0.3 is 5.73 Å². The number of hydrogen-bond acceptors (Lipinski definition) is 2. The van der Waals surface area contributed by atoms with Crippen LogP contribution in [0.15, 0.2) is 35.4 Å². The summed E-state index contributed by atoms with van der Waals surface area (Å²) in [6.45, 7) is 0. The number of nitrogens with one attached hydrogen (secondary N) is 1. The molecule has 17 heavy (non-hydrogen) atoms. The summed E-state index contributed by atoms with van der Waals surface area (Å²) in [5.41, 5.74) is 9.67. The summed E-state index contributed by atoms with van der Waals surface area (Å²) >= 11 is 0. The van der Waals surface area contributed by atoms with E-state index in [1.54, 1.807) is 0 Å². The molecule has 1 atom stereocenters. The Kier molecular flexibility index (Phi) is 3.75. The molecule has 0 aliphatic heterocycles. The quantitative estimate of drug-likeness (QED) is 0.754. The molecule has 4 nitrogen and oxygen atoms in total. The number of nitrogens with zero attached hydrogens (tertiary/aromatic N) is 1. The molecule has 3 N–H and O–H groups in total. The topological polar surface area (TPSA) is 67.5 Å². The highest BCUT2D eigenvalue weighted by atomic mass is 16.2. The molecule has 0 bridgehead atoms. The van der Waals surface area contributed by atoms with Crippen LogP contribution >= 0.6 is 0 Å². The zero-order chi connectivity index (χ0) is 12.1. The van der Waals surface area contributed by atoms with Crippen molar-refractivity contribution in [2.45, 2.75) is 31.6 Å². The second-order valence-corrected chi connectivity index (χ2v) is 4.29. The van der Waals surface area contributed by atoms with Gasteiger partial charge in [-0.25, -0.2) is 10.2 Å². The van der Waals surface area contributed by atoms with E-state index >= 15 is 0 Å². The number of benzene rings is 1. The first-order chi connectivity index (χ1) is 8.27. The molecule has 0 spiro atoms. The van der Waals surface area contributed by atoms with Gasteiger partial charge in [-0.05, 0) is 24.8 Å². The molecule has 2 amide bonds. The van der Waals surface area contributed by atoms with Crippen molar-refractivity contribution >= 4 is 11.7 Å². The first kappa shape index (κ1) is 11.6. The number of carbonyl (C=O) groups excluding carboxylic acids is 1. The molecule has 0 saturated heterocycles. The summed E-state index contributed by atoms with van der Waals surface area (Å²) in [6.07, 6.45) is 4.35. The third-order valence-electron chi connectivity index (χ3n) is 3.09. The molecule has 1 aliphatic rings. The number of rotatable bonds is 2. The van der Waals surface area contributed by atoms with Crippen LogP contribution in [0, 0.1) is 0 Å². The van der Waals surface area contributed by atoms with Gasteiger partial charge in [0.25, 0.3) is 0 Å². The van der Waals surface area contributed by atoms with E-state index in [2.05, 4.69) is 22.7 Å². The van der Waals surface area contributed by atoms with Gasteiger partial charge >= 0.3 is 6.03 Å². The molecule has 1 saturated carbocycles. The average Bonchev–Trinajstić information content (AvgIpc) is 2.38. The van der Waals surface area contributed by atoms with Gasteiger partial charge in [-0.15, -0.1) is 0 Å². The third kappa shape index (κ3) is 3.06. The summed E-state index contributed by atoms with van der Waals surface area (Å²) in [7, 11) is 0. The van der Waals surface area contributed by atoms with Crippen LogP contribution in [0.2, 0.25) is 0 Å². The van der Waals surface area contributed by atoms with Gasteiger partial charge in [0, 0.05) is 11.6 Å². The van der Waals surface area contributed by atoms with Gasteiger partial charge in [0.15, 0.2) is 0 Å². The number of nitrogens with two attached hydrogens (primary N) is 1. The van der Waals surface area contributed by atoms with Crippen LogP contribution in [0.25, 0.3) is 0 Å². The standard InChI is InChI=1S/C13H17N3O/c14-13(17)16-15-12-9-5-4-8-11(12)10-6-2-1-3-7-10/h1-3,6-7,11H,4-5,8-9H2,(H3,14,16,17)/b15-12-/t11-/m0/s1. The lowest BCUT2D eigenvalue weighted by atomic mass is 9.82.